The standard InChI is InChI=1S/C18H20O/c1-15(13-14-17-9-5-3-6-10-17)19-16(2)18-11-7-4-8-12-18/h3-16H,1-2H3/b14-13+. The van der Waals surface area contributed by atoms with Gasteiger partial charge in [-0.3, -0.25) is 0 Å². The molecule has 0 saturated carbocycles. The van der Waals surface area contributed by atoms with Crippen LogP contribution in [0.3, 0.4) is 0 Å². The van der Waals surface area contributed by atoms with Crippen LogP contribution >= 0.6 is 0 Å². The van der Waals surface area contributed by atoms with Gasteiger partial charge in [0.1, 0.15) is 0 Å². The van der Waals surface area contributed by atoms with Crippen LogP contribution in [0.15, 0.2) is 66.7 Å². The van der Waals surface area contributed by atoms with E-state index in [1.165, 1.54) is 11.1 Å². The summed E-state index contributed by atoms with van der Waals surface area (Å²) < 4.78 is 5.97. The van der Waals surface area contributed by atoms with Gasteiger partial charge in [-0.15, -0.1) is 0 Å². The molecule has 2 rings (SSSR count). The van der Waals surface area contributed by atoms with Gasteiger partial charge in [0.05, 0.1) is 12.2 Å². The van der Waals surface area contributed by atoms with Crippen LogP contribution < -0.4 is 0 Å². The molecular formula is C18H20O. The zero-order valence-electron chi connectivity index (χ0n) is 11.5. The van der Waals surface area contributed by atoms with E-state index in [9.17, 15) is 0 Å². The number of ether oxygens (including phenoxy) is 1. The number of rotatable bonds is 5. The van der Waals surface area contributed by atoms with Gasteiger partial charge in [-0.2, -0.15) is 0 Å². The Labute approximate surface area is 115 Å². The summed E-state index contributed by atoms with van der Waals surface area (Å²) in [6, 6.07) is 20.6. The van der Waals surface area contributed by atoms with E-state index in [1.807, 2.05) is 36.4 Å². The summed E-state index contributed by atoms with van der Waals surface area (Å²) in [5.74, 6) is 0. The van der Waals surface area contributed by atoms with Gasteiger partial charge in [0.2, 0.25) is 0 Å². The van der Waals surface area contributed by atoms with Crippen LogP contribution in [0.1, 0.15) is 31.1 Å². The Morgan fingerprint density at radius 1 is 0.842 bits per heavy atom. The molecule has 2 aromatic rings. The van der Waals surface area contributed by atoms with Crippen LogP contribution in [0, 0.1) is 0 Å². The molecule has 0 spiro atoms. The van der Waals surface area contributed by atoms with E-state index in [-0.39, 0.29) is 12.2 Å². The molecule has 0 bridgehead atoms. The predicted octanol–water partition coefficient (Wildman–Crippen LogP) is 4.87. The van der Waals surface area contributed by atoms with E-state index in [1.54, 1.807) is 0 Å². The van der Waals surface area contributed by atoms with Crippen molar-refractivity contribution < 1.29 is 4.74 Å². The van der Waals surface area contributed by atoms with E-state index < -0.39 is 0 Å². The van der Waals surface area contributed by atoms with Crippen molar-refractivity contribution in [3.63, 3.8) is 0 Å². The first-order valence-corrected chi connectivity index (χ1v) is 6.69. The van der Waals surface area contributed by atoms with Gasteiger partial charge in [-0.1, -0.05) is 72.8 Å². The maximum Gasteiger partial charge on any atom is 0.0804 e. The molecule has 0 aliphatic heterocycles. The first-order valence-electron chi connectivity index (χ1n) is 6.69. The summed E-state index contributed by atoms with van der Waals surface area (Å²) in [5, 5.41) is 0. The minimum absolute atomic E-state index is 0.0930. The molecule has 0 heterocycles. The Kier molecular flexibility index (Phi) is 4.93. The summed E-state index contributed by atoms with van der Waals surface area (Å²) in [4.78, 5) is 0. The molecule has 0 amide bonds. The predicted molar refractivity (Wildman–Crippen MR) is 80.9 cm³/mol. The second-order valence-corrected chi connectivity index (χ2v) is 4.66. The van der Waals surface area contributed by atoms with E-state index in [4.69, 9.17) is 4.74 Å². The average Bonchev–Trinajstić information content (AvgIpc) is 2.47. The lowest BCUT2D eigenvalue weighted by Crippen LogP contribution is -2.08. The van der Waals surface area contributed by atoms with Crippen LogP contribution in [0.4, 0.5) is 0 Å². The van der Waals surface area contributed by atoms with Crippen molar-refractivity contribution in [2.24, 2.45) is 0 Å². The van der Waals surface area contributed by atoms with E-state index in [0.29, 0.717) is 0 Å². The van der Waals surface area contributed by atoms with Crippen LogP contribution in [-0.2, 0) is 4.74 Å². The molecule has 19 heavy (non-hydrogen) atoms. The largest absolute Gasteiger partial charge is 0.367 e. The SMILES string of the molecule is CC(/C=C/c1ccccc1)OC(C)c1ccccc1. The molecule has 0 aliphatic rings. The van der Waals surface area contributed by atoms with Crippen molar-refractivity contribution in [3.8, 4) is 0 Å². The average molecular weight is 252 g/mol. The lowest BCUT2D eigenvalue weighted by Gasteiger charge is -2.17. The van der Waals surface area contributed by atoms with Gasteiger partial charge < -0.3 is 4.74 Å². The molecule has 0 aliphatic carbocycles. The summed E-state index contributed by atoms with van der Waals surface area (Å²) in [5.41, 5.74) is 2.41. The second-order valence-electron chi connectivity index (χ2n) is 4.66. The van der Waals surface area contributed by atoms with Gasteiger partial charge in [-0.05, 0) is 25.0 Å². The molecule has 2 atom stereocenters. The van der Waals surface area contributed by atoms with Crippen LogP contribution in [0.25, 0.3) is 6.08 Å². The third-order valence-corrected chi connectivity index (χ3v) is 3.05. The number of hydrogen-bond donors (Lipinski definition) is 0. The van der Waals surface area contributed by atoms with Gasteiger partial charge in [0, 0.05) is 0 Å². The van der Waals surface area contributed by atoms with E-state index in [0.717, 1.165) is 0 Å². The summed E-state index contributed by atoms with van der Waals surface area (Å²) >= 11 is 0. The van der Waals surface area contributed by atoms with Gasteiger partial charge in [0.15, 0.2) is 0 Å². The van der Waals surface area contributed by atoms with Crippen molar-refractivity contribution in [1.29, 1.82) is 0 Å². The molecule has 1 heteroatoms. The molecule has 2 aromatic carbocycles. The first kappa shape index (κ1) is 13.6. The lowest BCUT2D eigenvalue weighted by molar-refractivity contribution is 0.0339. The zero-order valence-corrected chi connectivity index (χ0v) is 11.5. The zero-order chi connectivity index (χ0) is 13.5. The van der Waals surface area contributed by atoms with Crippen LogP contribution in [0.5, 0.6) is 0 Å². The first-order chi connectivity index (χ1) is 9.25. The van der Waals surface area contributed by atoms with Crippen molar-refractivity contribution in [1.82, 2.24) is 0 Å². The number of benzene rings is 2. The Hall–Kier alpha value is -1.86. The molecule has 0 N–H and O–H groups in total. The lowest BCUT2D eigenvalue weighted by atomic mass is 10.1. The highest BCUT2D eigenvalue weighted by molar-refractivity contribution is 5.49. The minimum atomic E-state index is 0.0930. The fourth-order valence-corrected chi connectivity index (χ4v) is 1.98. The Balaban J connectivity index is 1.91. The molecular weight excluding hydrogens is 232 g/mol. The molecule has 0 saturated heterocycles. The smallest absolute Gasteiger partial charge is 0.0804 e. The van der Waals surface area contributed by atoms with Gasteiger partial charge in [0.25, 0.3) is 0 Å². The molecule has 2 unspecified atom stereocenters. The summed E-state index contributed by atoms with van der Waals surface area (Å²) in [6.07, 6.45) is 4.39. The summed E-state index contributed by atoms with van der Waals surface area (Å²) in [7, 11) is 0. The van der Waals surface area contributed by atoms with Crippen molar-refractivity contribution >= 4 is 6.08 Å². The monoisotopic (exact) mass is 252 g/mol. The number of hydrogen-bond acceptors (Lipinski definition) is 1. The molecule has 0 aromatic heterocycles. The second kappa shape index (κ2) is 6.91. The van der Waals surface area contributed by atoms with Gasteiger partial charge in [-0.25, -0.2) is 0 Å². The molecule has 0 radical (unpaired) electrons. The quantitative estimate of drug-likeness (QED) is 0.738. The minimum Gasteiger partial charge on any atom is -0.367 e. The fourth-order valence-electron chi connectivity index (χ4n) is 1.98. The van der Waals surface area contributed by atoms with E-state index in [2.05, 4.69) is 50.3 Å². The summed E-state index contributed by atoms with van der Waals surface area (Å²) in [6.45, 7) is 4.15. The topological polar surface area (TPSA) is 9.23 Å². The Morgan fingerprint density at radius 2 is 1.42 bits per heavy atom. The van der Waals surface area contributed by atoms with Crippen molar-refractivity contribution in [2.75, 3.05) is 0 Å². The fraction of sp³-hybridized carbons (Fsp3) is 0.222. The highest BCUT2D eigenvalue weighted by Crippen LogP contribution is 2.18. The van der Waals surface area contributed by atoms with E-state index >= 15 is 0 Å². The molecule has 98 valence electrons. The highest BCUT2D eigenvalue weighted by atomic mass is 16.5. The van der Waals surface area contributed by atoms with Crippen molar-refractivity contribution in [2.45, 2.75) is 26.1 Å². The maximum atomic E-state index is 5.97. The third kappa shape index (κ3) is 4.38. The normalized spacial score (nSPS) is 14.4. The highest BCUT2D eigenvalue weighted by Gasteiger charge is 2.07. The Morgan fingerprint density at radius 3 is 2.05 bits per heavy atom. The van der Waals surface area contributed by atoms with Crippen LogP contribution in [0.2, 0.25) is 0 Å². The third-order valence-electron chi connectivity index (χ3n) is 3.05. The molecule has 0 fully saturated rings. The van der Waals surface area contributed by atoms with Gasteiger partial charge >= 0.3 is 0 Å². The maximum absolute atomic E-state index is 5.97. The van der Waals surface area contributed by atoms with Crippen molar-refractivity contribution in [3.05, 3.63) is 77.9 Å². The Bertz CT molecular complexity index is 502. The molecule has 1 nitrogen and oxygen atoms in total. The van der Waals surface area contributed by atoms with Crippen LogP contribution in [-0.4, -0.2) is 6.10 Å².